The number of halogens is 1. The van der Waals surface area contributed by atoms with Crippen LogP contribution in [0.1, 0.15) is 17.8 Å². The second kappa shape index (κ2) is 6.24. The van der Waals surface area contributed by atoms with Crippen LogP contribution in [0.2, 0.25) is 5.02 Å². The number of H-pyrrole nitrogens is 1. The SMILES string of the molecule is COc1ccc(CN2CCC=C(c3nn[nH]n3)C2)cc1Cl. The molecule has 0 fully saturated rings. The third kappa shape index (κ3) is 3.22. The number of hydrogen-bond donors (Lipinski definition) is 1. The van der Waals surface area contributed by atoms with E-state index in [4.69, 9.17) is 16.3 Å². The molecule has 1 aliphatic heterocycles. The van der Waals surface area contributed by atoms with E-state index < -0.39 is 0 Å². The number of tetrazole rings is 1. The van der Waals surface area contributed by atoms with Gasteiger partial charge in [-0.2, -0.15) is 5.21 Å². The summed E-state index contributed by atoms with van der Waals surface area (Å²) in [5, 5.41) is 14.8. The summed E-state index contributed by atoms with van der Waals surface area (Å²) in [5.41, 5.74) is 2.27. The summed E-state index contributed by atoms with van der Waals surface area (Å²) < 4.78 is 5.17. The standard InChI is InChI=1S/C14H16ClN5O/c1-21-13-5-4-10(7-12(13)15)8-20-6-2-3-11(9-20)14-16-18-19-17-14/h3-5,7H,2,6,8-9H2,1H3,(H,16,17,18,19). The molecular weight excluding hydrogens is 290 g/mol. The molecule has 0 saturated carbocycles. The minimum Gasteiger partial charge on any atom is -0.495 e. The smallest absolute Gasteiger partial charge is 0.201 e. The van der Waals surface area contributed by atoms with Crippen molar-refractivity contribution in [1.29, 1.82) is 0 Å². The maximum Gasteiger partial charge on any atom is 0.201 e. The molecule has 0 amide bonds. The van der Waals surface area contributed by atoms with Crippen molar-refractivity contribution in [3.63, 3.8) is 0 Å². The van der Waals surface area contributed by atoms with E-state index in [2.05, 4.69) is 31.6 Å². The van der Waals surface area contributed by atoms with Crippen molar-refractivity contribution in [2.75, 3.05) is 20.2 Å². The number of benzene rings is 1. The van der Waals surface area contributed by atoms with E-state index in [-0.39, 0.29) is 0 Å². The number of rotatable bonds is 4. The molecule has 6 nitrogen and oxygen atoms in total. The summed E-state index contributed by atoms with van der Waals surface area (Å²) in [6.45, 7) is 2.65. The Morgan fingerprint density at radius 3 is 3.05 bits per heavy atom. The second-order valence-electron chi connectivity index (χ2n) is 4.93. The molecule has 21 heavy (non-hydrogen) atoms. The molecule has 0 bridgehead atoms. The fourth-order valence-corrected chi connectivity index (χ4v) is 2.75. The molecular formula is C14H16ClN5O. The molecule has 1 aliphatic rings. The van der Waals surface area contributed by atoms with Gasteiger partial charge in [0.25, 0.3) is 0 Å². The number of methoxy groups -OCH3 is 1. The average molecular weight is 306 g/mol. The van der Waals surface area contributed by atoms with Crippen LogP contribution in [-0.4, -0.2) is 45.7 Å². The minimum absolute atomic E-state index is 0.640. The number of ether oxygens (including phenoxy) is 1. The highest BCUT2D eigenvalue weighted by Gasteiger charge is 2.17. The Morgan fingerprint density at radius 1 is 1.43 bits per heavy atom. The summed E-state index contributed by atoms with van der Waals surface area (Å²) >= 11 is 6.17. The van der Waals surface area contributed by atoms with Crippen LogP contribution in [0.5, 0.6) is 5.75 Å². The Morgan fingerprint density at radius 2 is 2.33 bits per heavy atom. The molecule has 0 spiro atoms. The highest BCUT2D eigenvalue weighted by molar-refractivity contribution is 6.32. The summed E-state index contributed by atoms with van der Waals surface area (Å²) in [6.07, 6.45) is 3.15. The zero-order valence-corrected chi connectivity index (χ0v) is 12.5. The predicted molar refractivity (Wildman–Crippen MR) is 80.1 cm³/mol. The lowest BCUT2D eigenvalue weighted by atomic mass is 10.1. The molecule has 0 aliphatic carbocycles. The van der Waals surface area contributed by atoms with E-state index in [1.165, 1.54) is 0 Å². The van der Waals surface area contributed by atoms with Gasteiger partial charge in [-0.1, -0.05) is 23.7 Å². The van der Waals surface area contributed by atoms with Crippen molar-refractivity contribution in [3.8, 4) is 5.75 Å². The van der Waals surface area contributed by atoms with E-state index in [1.807, 2.05) is 18.2 Å². The van der Waals surface area contributed by atoms with Gasteiger partial charge < -0.3 is 4.74 Å². The normalized spacial score (nSPS) is 15.8. The van der Waals surface area contributed by atoms with Gasteiger partial charge in [-0.3, -0.25) is 4.90 Å². The summed E-state index contributed by atoms with van der Waals surface area (Å²) in [4.78, 5) is 2.34. The molecule has 7 heteroatoms. The lowest BCUT2D eigenvalue weighted by molar-refractivity contribution is 0.296. The number of aromatic nitrogens is 4. The van der Waals surface area contributed by atoms with Crippen LogP contribution in [0.15, 0.2) is 24.3 Å². The third-order valence-electron chi connectivity index (χ3n) is 3.48. The summed E-state index contributed by atoms with van der Waals surface area (Å²) in [5.74, 6) is 1.37. The van der Waals surface area contributed by atoms with Crippen molar-refractivity contribution in [1.82, 2.24) is 25.5 Å². The monoisotopic (exact) mass is 305 g/mol. The first-order chi connectivity index (χ1) is 10.3. The van der Waals surface area contributed by atoms with Crippen LogP contribution >= 0.6 is 11.6 Å². The van der Waals surface area contributed by atoms with Crippen LogP contribution in [-0.2, 0) is 6.54 Å². The maximum absolute atomic E-state index is 6.17. The maximum atomic E-state index is 6.17. The van der Waals surface area contributed by atoms with Gasteiger partial charge in [-0.05, 0) is 29.3 Å². The van der Waals surface area contributed by atoms with Gasteiger partial charge in [0.15, 0.2) is 0 Å². The van der Waals surface area contributed by atoms with Gasteiger partial charge in [0, 0.05) is 25.2 Å². The van der Waals surface area contributed by atoms with Gasteiger partial charge in [0.05, 0.1) is 12.1 Å². The number of nitrogens with one attached hydrogen (secondary N) is 1. The van der Waals surface area contributed by atoms with E-state index in [0.717, 1.165) is 37.2 Å². The van der Waals surface area contributed by atoms with Crippen LogP contribution in [0.25, 0.3) is 5.57 Å². The lowest BCUT2D eigenvalue weighted by Gasteiger charge is -2.26. The van der Waals surface area contributed by atoms with E-state index in [0.29, 0.717) is 16.6 Å². The Kier molecular flexibility index (Phi) is 4.17. The van der Waals surface area contributed by atoms with Crippen molar-refractivity contribution < 1.29 is 4.74 Å². The largest absolute Gasteiger partial charge is 0.495 e. The summed E-state index contributed by atoms with van der Waals surface area (Å²) in [6, 6.07) is 5.89. The Bertz CT molecular complexity index is 641. The van der Waals surface area contributed by atoms with Crippen molar-refractivity contribution >= 4 is 17.2 Å². The Labute approximate surface area is 127 Å². The number of aromatic amines is 1. The van der Waals surface area contributed by atoms with Gasteiger partial charge in [0.1, 0.15) is 5.75 Å². The van der Waals surface area contributed by atoms with E-state index >= 15 is 0 Å². The zero-order valence-electron chi connectivity index (χ0n) is 11.7. The quantitative estimate of drug-likeness (QED) is 0.937. The molecule has 1 aromatic heterocycles. The van der Waals surface area contributed by atoms with Crippen molar-refractivity contribution in [2.45, 2.75) is 13.0 Å². The molecule has 2 aromatic rings. The van der Waals surface area contributed by atoms with E-state index in [1.54, 1.807) is 7.11 Å². The fourth-order valence-electron chi connectivity index (χ4n) is 2.47. The first-order valence-corrected chi connectivity index (χ1v) is 7.11. The number of hydrogen-bond acceptors (Lipinski definition) is 5. The molecule has 110 valence electrons. The van der Waals surface area contributed by atoms with Gasteiger partial charge >= 0.3 is 0 Å². The van der Waals surface area contributed by atoms with Crippen molar-refractivity contribution in [2.24, 2.45) is 0 Å². The van der Waals surface area contributed by atoms with Crippen LogP contribution in [0, 0.1) is 0 Å². The average Bonchev–Trinajstić information content (AvgIpc) is 3.02. The lowest BCUT2D eigenvalue weighted by Crippen LogP contribution is -2.29. The molecule has 0 radical (unpaired) electrons. The second-order valence-corrected chi connectivity index (χ2v) is 5.34. The highest BCUT2D eigenvalue weighted by Crippen LogP contribution is 2.26. The molecule has 0 saturated heterocycles. The van der Waals surface area contributed by atoms with Gasteiger partial charge in [-0.15, -0.1) is 10.2 Å². The molecule has 1 N–H and O–H groups in total. The summed E-state index contributed by atoms with van der Waals surface area (Å²) in [7, 11) is 1.62. The first kappa shape index (κ1) is 14.0. The Balaban J connectivity index is 1.69. The minimum atomic E-state index is 0.640. The predicted octanol–water partition coefficient (Wildman–Crippen LogP) is 2.15. The third-order valence-corrected chi connectivity index (χ3v) is 3.78. The van der Waals surface area contributed by atoms with Crippen molar-refractivity contribution in [3.05, 3.63) is 40.7 Å². The number of nitrogens with zero attached hydrogens (tertiary/aromatic N) is 4. The van der Waals surface area contributed by atoms with Crippen LogP contribution in [0.4, 0.5) is 0 Å². The molecule has 0 atom stereocenters. The molecule has 1 aromatic carbocycles. The highest BCUT2D eigenvalue weighted by atomic mass is 35.5. The molecule has 2 heterocycles. The first-order valence-electron chi connectivity index (χ1n) is 6.74. The van der Waals surface area contributed by atoms with Crippen LogP contribution in [0.3, 0.4) is 0 Å². The fraction of sp³-hybridized carbons (Fsp3) is 0.357. The van der Waals surface area contributed by atoms with Crippen LogP contribution < -0.4 is 4.74 Å². The topological polar surface area (TPSA) is 66.9 Å². The van der Waals surface area contributed by atoms with E-state index in [9.17, 15) is 0 Å². The molecule has 0 unspecified atom stereocenters. The zero-order chi connectivity index (χ0) is 14.7. The van der Waals surface area contributed by atoms with Gasteiger partial charge in [-0.25, -0.2) is 0 Å². The molecule has 3 rings (SSSR count). The van der Waals surface area contributed by atoms with Gasteiger partial charge in [0.2, 0.25) is 5.82 Å². The Hall–Kier alpha value is -1.92.